The van der Waals surface area contributed by atoms with Crippen LogP contribution in [0, 0.1) is 5.41 Å². The zero-order valence-corrected chi connectivity index (χ0v) is 14.1. The second kappa shape index (κ2) is 5.24. The molecule has 0 saturated heterocycles. The minimum atomic E-state index is -0.940. The average Bonchev–Trinajstić information content (AvgIpc) is 2.46. The van der Waals surface area contributed by atoms with E-state index in [0.29, 0.717) is 0 Å². The van der Waals surface area contributed by atoms with E-state index in [0.717, 1.165) is 0 Å². The first-order valence-electron chi connectivity index (χ1n) is 7.12. The first-order valence-corrected chi connectivity index (χ1v) is 10.0. The summed E-state index contributed by atoms with van der Waals surface area (Å²) in [6.07, 6.45) is 2.47. The molecule has 3 rings (SSSR count). The summed E-state index contributed by atoms with van der Waals surface area (Å²) < 4.78 is 3.23. The molecule has 0 amide bonds. The van der Waals surface area contributed by atoms with E-state index < -0.39 is 13.9 Å². The third-order valence-corrected chi connectivity index (χ3v) is 9.34. The standard InChI is InChI=1S/C19H21Se/c1-19(2,3)18-13-15-9-7-8-10-16(15)14-20(18)17-11-5-4-6-12-17/h4-13H,14H2,1-3H3/q+1. The number of rotatable bonds is 1. The Balaban J connectivity index is 2.12. The summed E-state index contributed by atoms with van der Waals surface area (Å²) in [6, 6.07) is 20.0. The molecule has 1 aliphatic rings. The van der Waals surface area contributed by atoms with Gasteiger partial charge in [0, 0.05) is 0 Å². The molecule has 1 heteroatoms. The zero-order valence-electron chi connectivity index (χ0n) is 12.4. The van der Waals surface area contributed by atoms with Gasteiger partial charge in [0.25, 0.3) is 0 Å². The Bertz CT molecular complexity index is 632. The van der Waals surface area contributed by atoms with Crippen molar-refractivity contribution in [3.8, 4) is 0 Å². The molecule has 2 aromatic rings. The topological polar surface area (TPSA) is 0 Å². The molecule has 102 valence electrons. The van der Waals surface area contributed by atoms with E-state index >= 15 is 0 Å². The van der Waals surface area contributed by atoms with E-state index in [1.807, 2.05) is 0 Å². The maximum absolute atomic E-state index is 2.47. The van der Waals surface area contributed by atoms with Crippen molar-refractivity contribution < 1.29 is 0 Å². The maximum atomic E-state index is 2.47. The van der Waals surface area contributed by atoms with E-state index in [1.54, 1.807) is 8.93 Å². The zero-order chi connectivity index (χ0) is 14.2. The molecular formula is C19H21Se+. The van der Waals surface area contributed by atoms with Gasteiger partial charge >= 0.3 is 126 Å². The Morgan fingerprint density at radius 2 is 1.50 bits per heavy atom. The second-order valence-corrected chi connectivity index (χ2v) is 10.5. The molecule has 0 fully saturated rings. The van der Waals surface area contributed by atoms with Crippen LogP contribution < -0.4 is 4.46 Å². The Kier molecular flexibility index (Phi) is 3.58. The molecule has 1 unspecified atom stereocenters. The molecule has 2 aromatic carbocycles. The first kappa shape index (κ1) is 13.7. The van der Waals surface area contributed by atoms with Gasteiger partial charge in [-0.05, 0) is 0 Å². The van der Waals surface area contributed by atoms with E-state index in [-0.39, 0.29) is 5.41 Å². The van der Waals surface area contributed by atoms with Crippen LogP contribution in [0.3, 0.4) is 0 Å². The van der Waals surface area contributed by atoms with E-state index in [4.69, 9.17) is 0 Å². The quantitative estimate of drug-likeness (QED) is 0.690. The van der Waals surface area contributed by atoms with Crippen LogP contribution in [-0.4, -0.2) is 13.9 Å². The summed E-state index contributed by atoms with van der Waals surface area (Å²) in [5.74, 6) is 0. The van der Waals surface area contributed by atoms with Crippen molar-refractivity contribution in [1.29, 1.82) is 0 Å². The van der Waals surface area contributed by atoms with Crippen LogP contribution in [0.5, 0.6) is 0 Å². The summed E-state index contributed by atoms with van der Waals surface area (Å²) in [4.78, 5) is 0. The molecule has 1 heterocycles. The van der Waals surface area contributed by atoms with Crippen LogP contribution in [0.2, 0.25) is 0 Å². The number of fused-ring (bicyclic) bond motifs is 1. The molecule has 0 spiro atoms. The summed E-state index contributed by atoms with van der Waals surface area (Å²) >= 11 is -0.940. The molecule has 0 N–H and O–H groups in total. The van der Waals surface area contributed by atoms with Crippen LogP contribution in [0.15, 0.2) is 59.1 Å². The van der Waals surface area contributed by atoms with Crippen molar-refractivity contribution in [3.63, 3.8) is 0 Å². The molecule has 0 aromatic heterocycles. The van der Waals surface area contributed by atoms with Crippen molar-refractivity contribution in [3.05, 3.63) is 70.2 Å². The summed E-state index contributed by atoms with van der Waals surface area (Å²) in [5.41, 5.74) is 3.20. The Hall–Kier alpha value is -1.30. The van der Waals surface area contributed by atoms with Gasteiger partial charge in [0.15, 0.2) is 0 Å². The first-order chi connectivity index (χ1) is 9.55. The van der Waals surface area contributed by atoms with Gasteiger partial charge in [-0.3, -0.25) is 0 Å². The van der Waals surface area contributed by atoms with Crippen LogP contribution in [0.1, 0.15) is 31.9 Å². The van der Waals surface area contributed by atoms with Crippen molar-refractivity contribution in [2.24, 2.45) is 5.41 Å². The fourth-order valence-corrected chi connectivity index (χ4v) is 8.18. The molecule has 0 bridgehead atoms. The van der Waals surface area contributed by atoms with Crippen molar-refractivity contribution in [1.82, 2.24) is 0 Å². The van der Waals surface area contributed by atoms with Gasteiger partial charge in [-0.25, -0.2) is 0 Å². The van der Waals surface area contributed by atoms with Crippen molar-refractivity contribution >= 4 is 24.4 Å². The van der Waals surface area contributed by atoms with E-state index in [2.05, 4.69) is 81.4 Å². The molecule has 1 atom stereocenters. The van der Waals surface area contributed by atoms with Crippen LogP contribution in [-0.2, 0) is 5.32 Å². The molecule has 0 saturated carbocycles. The summed E-state index contributed by atoms with van der Waals surface area (Å²) in [5, 5.41) is 1.24. The van der Waals surface area contributed by atoms with Crippen LogP contribution in [0.4, 0.5) is 0 Å². The van der Waals surface area contributed by atoms with Gasteiger partial charge in [0.05, 0.1) is 0 Å². The Morgan fingerprint density at radius 1 is 0.850 bits per heavy atom. The van der Waals surface area contributed by atoms with Gasteiger partial charge in [0.1, 0.15) is 0 Å². The number of benzene rings is 2. The molecular weight excluding hydrogens is 307 g/mol. The molecule has 0 nitrogen and oxygen atoms in total. The van der Waals surface area contributed by atoms with Gasteiger partial charge in [-0.1, -0.05) is 0 Å². The van der Waals surface area contributed by atoms with Crippen LogP contribution in [0.25, 0.3) is 6.08 Å². The monoisotopic (exact) mass is 329 g/mol. The number of hydrogen-bond donors (Lipinski definition) is 0. The average molecular weight is 328 g/mol. The second-order valence-electron chi connectivity index (χ2n) is 6.31. The number of allylic oxidation sites excluding steroid dienone is 1. The van der Waals surface area contributed by atoms with Crippen LogP contribution >= 0.6 is 0 Å². The van der Waals surface area contributed by atoms with Crippen molar-refractivity contribution in [2.75, 3.05) is 0 Å². The van der Waals surface area contributed by atoms with Gasteiger partial charge in [0.2, 0.25) is 0 Å². The number of hydrogen-bond acceptors (Lipinski definition) is 0. The minimum absolute atomic E-state index is 0.258. The Labute approximate surface area is 126 Å². The molecule has 0 aliphatic carbocycles. The van der Waals surface area contributed by atoms with E-state index in [9.17, 15) is 0 Å². The summed E-state index contributed by atoms with van der Waals surface area (Å²) in [6.45, 7) is 7.06. The molecule has 1 aliphatic heterocycles. The van der Waals surface area contributed by atoms with E-state index in [1.165, 1.54) is 16.4 Å². The van der Waals surface area contributed by atoms with Crippen molar-refractivity contribution in [2.45, 2.75) is 26.1 Å². The normalized spacial score (nSPS) is 18.4. The fraction of sp³-hybridized carbons (Fsp3) is 0.263. The third-order valence-electron chi connectivity index (χ3n) is 3.67. The molecule has 20 heavy (non-hydrogen) atoms. The SMILES string of the molecule is CC(C)(C)C1=Cc2ccccc2C[Se+]1c1ccccc1. The molecule has 0 radical (unpaired) electrons. The fourth-order valence-electron chi connectivity index (χ4n) is 2.63. The van der Waals surface area contributed by atoms with Gasteiger partial charge in [-0.15, -0.1) is 0 Å². The predicted octanol–water partition coefficient (Wildman–Crippen LogP) is 4.15. The Morgan fingerprint density at radius 3 is 2.20 bits per heavy atom. The van der Waals surface area contributed by atoms with Gasteiger partial charge in [-0.2, -0.15) is 0 Å². The van der Waals surface area contributed by atoms with Gasteiger partial charge < -0.3 is 0 Å². The third kappa shape index (κ3) is 2.61. The predicted molar refractivity (Wildman–Crippen MR) is 89.4 cm³/mol. The summed E-state index contributed by atoms with van der Waals surface area (Å²) in [7, 11) is 0.